The molecule has 1 aliphatic heterocycles. The topological polar surface area (TPSA) is 73.8 Å². The van der Waals surface area contributed by atoms with Gasteiger partial charge in [-0.15, -0.1) is 0 Å². The Morgan fingerprint density at radius 1 is 1.00 bits per heavy atom. The summed E-state index contributed by atoms with van der Waals surface area (Å²) in [6.45, 7) is 0. The van der Waals surface area contributed by atoms with Crippen molar-refractivity contribution < 1.29 is 14.6 Å². The second-order valence-electron chi connectivity index (χ2n) is 9.21. The number of aromatic hydroxyl groups is 1. The molecule has 0 bridgehead atoms. The first-order valence-electron chi connectivity index (χ1n) is 11.6. The van der Waals surface area contributed by atoms with Crippen LogP contribution in [0, 0.1) is 0 Å². The summed E-state index contributed by atoms with van der Waals surface area (Å²) in [6, 6.07) is 19.7. The van der Waals surface area contributed by atoms with Crippen LogP contribution in [0.15, 0.2) is 76.4 Å². The lowest BCUT2D eigenvalue weighted by Crippen LogP contribution is -2.27. The average molecular weight is 534 g/mol. The minimum atomic E-state index is -0.392. The van der Waals surface area contributed by atoms with Crippen molar-refractivity contribution in [2.75, 3.05) is 36.7 Å². The third kappa shape index (κ3) is 4.36. The zero-order valence-corrected chi connectivity index (χ0v) is 21.5. The lowest BCUT2D eigenvalue weighted by Gasteiger charge is -2.30. The lowest BCUT2D eigenvalue weighted by atomic mass is 9.78. The number of nitrogens with zero attached hydrogens (tertiary/aromatic N) is 1. The van der Waals surface area contributed by atoms with E-state index in [1.54, 1.807) is 6.07 Å². The number of para-hydroxylation sites is 2. The zero-order valence-electron chi connectivity index (χ0n) is 19.9. The average Bonchev–Trinajstić information content (AvgIpc) is 3.02. The Kier molecular flexibility index (Phi) is 6.19. The predicted octanol–water partition coefficient (Wildman–Crippen LogP) is 6.21. The van der Waals surface area contributed by atoms with Crippen LogP contribution >= 0.6 is 15.9 Å². The first-order valence-corrected chi connectivity index (χ1v) is 12.4. The number of ether oxygens (including phenoxy) is 1. The fraction of sp³-hybridized carbons (Fsp3) is 0.250. The lowest BCUT2D eigenvalue weighted by molar-refractivity contribution is -0.116. The maximum Gasteiger partial charge on any atom is 0.172 e. The van der Waals surface area contributed by atoms with Crippen molar-refractivity contribution in [2.45, 2.75) is 24.8 Å². The maximum atomic E-state index is 13.7. The van der Waals surface area contributed by atoms with Crippen molar-refractivity contribution in [3.8, 4) is 11.5 Å². The fourth-order valence-corrected chi connectivity index (χ4v) is 5.40. The number of Topliss-reactive ketones (excluding diaryl/α,β-unsaturated/α-hetero) is 1. The van der Waals surface area contributed by atoms with Crippen molar-refractivity contribution in [1.29, 1.82) is 0 Å². The minimum absolute atomic E-state index is 0.0359. The van der Waals surface area contributed by atoms with Gasteiger partial charge in [0, 0.05) is 37.5 Å². The van der Waals surface area contributed by atoms with E-state index in [0.717, 1.165) is 45.9 Å². The van der Waals surface area contributed by atoms with E-state index in [-0.39, 0.29) is 17.5 Å². The molecular weight excluding hydrogens is 506 g/mol. The highest BCUT2D eigenvalue weighted by Gasteiger charge is 2.36. The number of methoxy groups -OCH3 is 1. The first kappa shape index (κ1) is 23.3. The molecule has 3 N–H and O–H groups in total. The summed E-state index contributed by atoms with van der Waals surface area (Å²) >= 11 is 3.44. The van der Waals surface area contributed by atoms with Gasteiger partial charge in [-0.1, -0.05) is 24.3 Å². The molecule has 180 valence electrons. The number of anilines is 3. The maximum absolute atomic E-state index is 13.7. The molecule has 3 aromatic rings. The van der Waals surface area contributed by atoms with Gasteiger partial charge in [-0.05, 0) is 75.8 Å². The monoisotopic (exact) mass is 533 g/mol. The predicted molar refractivity (Wildman–Crippen MR) is 144 cm³/mol. The summed E-state index contributed by atoms with van der Waals surface area (Å²) in [4.78, 5) is 15.8. The van der Waals surface area contributed by atoms with Crippen LogP contribution in [-0.4, -0.2) is 32.1 Å². The van der Waals surface area contributed by atoms with Gasteiger partial charge >= 0.3 is 0 Å². The number of halogens is 1. The molecule has 2 unspecified atom stereocenters. The van der Waals surface area contributed by atoms with Gasteiger partial charge < -0.3 is 25.4 Å². The number of nitrogens with one attached hydrogen (secondary N) is 2. The van der Waals surface area contributed by atoms with Gasteiger partial charge in [0.25, 0.3) is 0 Å². The SMILES string of the molecule is COc1cc(C2Nc3ccccc3NC3=C2C(=O)CC(c2ccc(N(C)C)cc2)C3)cc(Br)c1O. The molecule has 2 aliphatic rings. The van der Waals surface area contributed by atoms with Crippen LogP contribution in [0.2, 0.25) is 0 Å². The van der Waals surface area contributed by atoms with Crippen LogP contribution in [0.25, 0.3) is 0 Å². The number of carbonyl (C=O) groups excluding carboxylic acids is 1. The Hall–Kier alpha value is -3.45. The molecule has 3 aromatic carbocycles. The second-order valence-corrected chi connectivity index (χ2v) is 10.1. The van der Waals surface area contributed by atoms with E-state index in [1.165, 1.54) is 7.11 Å². The number of hydrogen-bond acceptors (Lipinski definition) is 6. The highest BCUT2D eigenvalue weighted by atomic mass is 79.9. The van der Waals surface area contributed by atoms with Crippen LogP contribution < -0.4 is 20.3 Å². The number of phenolic OH excluding ortho intramolecular Hbond substituents is 1. The third-order valence-electron chi connectivity index (χ3n) is 6.79. The summed E-state index contributed by atoms with van der Waals surface area (Å²) in [5, 5.41) is 17.5. The highest BCUT2D eigenvalue weighted by molar-refractivity contribution is 9.10. The zero-order chi connectivity index (χ0) is 24.7. The number of ketones is 1. The van der Waals surface area contributed by atoms with Crippen LogP contribution in [0.5, 0.6) is 11.5 Å². The largest absolute Gasteiger partial charge is 0.503 e. The summed E-state index contributed by atoms with van der Waals surface area (Å²) in [7, 11) is 5.56. The van der Waals surface area contributed by atoms with Crippen molar-refractivity contribution in [3.63, 3.8) is 0 Å². The van der Waals surface area contributed by atoms with Gasteiger partial charge in [0.15, 0.2) is 17.3 Å². The number of rotatable bonds is 4. The molecule has 0 amide bonds. The van der Waals surface area contributed by atoms with E-state index in [1.807, 2.05) is 44.4 Å². The van der Waals surface area contributed by atoms with E-state index in [2.05, 4.69) is 55.7 Å². The minimum Gasteiger partial charge on any atom is -0.503 e. The highest BCUT2D eigenvalue weighted by Crippen LogP contribution is 2.46. The summed E-state index contributed by atoms with van der Waals surface area (Å²) in [5.41, 5.74) is 6.62. The smallest absolute Gasteiger partial charge is 0.172 e. The molecule has 35 heavy (non-hydrogen) atoms. The Labute approximate surface area is 213 Å². The van der Waals surface area contributed by atoms with Crippen LogP contribution in [0.4, 0.5) is 17.1 Å². The van der Waals surface area contributed by atoms with Crippen molar-refractivity contribution >= 4 is 38.8 Å². The molecule has 1 aliphatic carbocycles. The Balaban J connectivity index is 1.59. The normalized spacial score (nSPS) is 19.1. The van der Waals surface area contributed by atoms with Gasteiger partial charge in [0.1, 0.15) is 0 Å². The van der Waals surface area contributed by atoms with Gasteiger partial charge in [0.2, 0.25) is 0 Å². The molecule has 0 radical (unpaired) electrons. The molecule has 0 spiro atoms. The quantitative estimate of drug-likeness (QED) is 0.370. The molecule has 7 heteroatoms. The van der Waals surface area contributed by atoms with E-state index < -0.39 is 6.04 Å². The molecule has 0 aromatic heterocycles. The Morgan fingerprint density at radius 2 is 1.71 bits per heavy atom. The van der Waals surface area contributed by atoms with Gasteiger partial charge in [-0.25, -0.2) is 0 Å². The molecule has 1 heterocycles. The van der Waals surface area contributed by atoms with Crippen LogP contribution in [-0.2, 0) is 4.79 Å². The second kappa shape index (κ2) is 9.30. The van der Waals surface area contributed by atoms with E-state index in [9.17, 15) is 9.90 Å². The molecule has 2 atom stereocenters. The summed E-state index contributed by atoms with van der Waals surface area (Å²) < 4.78 is 5.91. The number of allylic oxidation sites excluding steroid dienone is 1. The van der Waals surface area contributed by atoms with Gasteiger partial charge in [0.05, 0.1) is 29.0 Å². The van der Waals surface area contributed by atoms with Gasteiger partial charge in [-0.3, -0.25) is 4.79 Å². The fourth-order valence-electron chi connectivity index (χ4n) is 4.94. The molecule has 0 fully saturated rings. The summed E-state index contributed by atoms with van der Waals surface area (Å²) in [5.74, 6) is 0.589. The van der Waals surface area contributed by atoms with E-state index in [4.69, 9.17) is 4.74 Å². The molecule has 5 rings (SSSR count). The van der Waals surface area contributed by atoms with Crippen LogP contribution in [0.3, 0.4) is 0 Å². The van der Waals surface area contributed by atoms with Crippen molar-refractivity contribution in [1.82, 2.24) is 0 Å². The Morgan fingerprint density at radius 3 is 2.40 bits per heavy atom. The van der Waals surface area contributed by atoms with Crippen molar-refractivity contribution in [3.05, 3.63) is 87.5 Å². The molecule has 0 saturated carbocycles. The van der Waals surface area contributed by atoms with E-state index in [0.29, 0.717) is 16.6 Å². The number of hydrogen-bond donors (Lipinski definition) is 3. The third-order valence-corrected chi connectivity index (χ3v) is 7.40. The first-order chi connectivity index (χ1) is 16.9. The summed E-state index contributed by atoms with van der Waals surface area (Å²) in [6.07, 6.45) is 1.16. The molecule has 6 nitrogen and oxygen atoms in total. The van der Waals surface area contributed by atoms with Crippen LogP contribution in [0.1, 0.15) is 35.9 Å². The van der Waals surface area contributed by atoms with E-state index >= 15 is 0 Å². The number of fused-ring (bicyclic) bond motifs is 1. The number of phenols is 1. The number of carbonyl (C=O) groups is 1. The number of benzene rings is 3. The molecular formula is C28H28BrN3O3. The molecule has 0 saturated heterocycles. The van der Waals surface area contributed by atoms with Gasteiger partial charge in [-0.2, -0.15) is 0 Å². The van der Waals surface area contributed by atoms with Crippen molar-refractivity contribution in [2.24, 2.45) is 0 Å². The Bertz CT molecular complexity index is 1320. The standard InChI is InChI=1S/C28H28BrN3O3/c1-32(2)19-10-8-16(9-11-19)17-13-23-26(24(33)14-17)27(31-22-7-5-4-6-21(22)30-23)18-12-20(29)28(34)25(15-18)35-3/h4-12,15,17,27,30-31,34H,13-14H2,1-3H3.